The summed E-state index contributed by atoms with van der Waals surface area (Å²) >= 11 is 0. The molecular weight excluding hydrogens is 388 g/mol. The molecule has 0 saturated heterocycles. The van der Waals surface area contributed by atoms with Crippen LogP contribution < -0.4 is 0 Å². The minimum absolute atomic E-state index is 0.0387. The lowest BCUT2D eigenvalue weighted by Crippen LogP contribution is -2.57. The molecule has 2 N–H and O–H groups in total. The van der Waals surface area contributed by atoms with E-state index in [0.29, 0.717) is 17.9 Å². The van der Waals surface area contributed by atoms with Crippen LogP contribution in [0.5, 0.6) is 0 Å². The van der Waals surface area contributed by atoms with E-state index in [0.717, 1.165) is 32.1 Å². The summed E-state index contributed by atoms with van der Waals surface area (Å²) in [6.07, 6.45) is 9.37. The zero-order valence-electron chi connectivity index (χ0n) is 17.8. The normalized spacial score (nSPS) is 37.0. The summed E-state index contributed by atoms with van der Waals surface area (Å²) in [5.74, 6) is -1.36. The number of carbonyl (C=O) groups is 3. The number of aliphatic hydroxyl groups is 1. The molecule has 1 heterocycles. The summed E-state index contributed by atoms with van der Waals surface area (Å²) in [7, 11) is 0. The Labute approximate surface area is 177 Å². The lowest BCUT2D eigenvalue weighted by Gasteiger charge is -2.59. The molecule has 0 aromatic rings. The monoisotopic (exact) mass is 420 g/mol. The number of carboxylic acids is 1. The van der Waals surface area contributed by atoms with Crippen molar-refractivity contribution in [2.24, 2.45) is 22.7 Å². The van der Waals surface area contributed by atoms with Gasteiger partial charge in [0.2, 0.25) is 0 Å². The quantitative estimate of drug-likeness (QED) is 0.480. The van der Waals surface area contributed by atoms with Gasteiger partial charge in [0.25, 0.3) is 0 Å². The molecule has 0 radical (unpaired) electrons. The van der Waals surface area contributed by atoms with Crippen LogP contribution >= 0.6 is 0 Å². The van der Waals surface area contributed by atoms with Gasteiger partial charge in [0.05, 0.1) is 37.4 Å². The third-order valence-corrected chi connectivity index (χ3v) is 7.66. The predicted molar refractivity (Wildman–Crippen MR) is 108 cm³/mol. The van der Waals surface area contributed by atoms with Crippen LogP contribution in [0.4, 0.5) is 0 Å². The van der Waals surface area contributed by atoms with Gasteiger partial charge in [-0.25, -0.2) is 4.79 Å². The van der Waals surface area contributed by atoms with Gasteiger partial charge in [0.15, 0.2) is 0 Å². The lowest BCUT2D eigenvalue weighted by atomic mass is 9.47. The molecule has 0 aromatic heterocycles. The van der Waals surface area contributed by atoms with Crippen LogP contribution in [0.1, 0.15) is 65.2 Å². The van der Waals surface area contributed by atoms with Crippen molar-refractivity contribution in [1.29, 1.82) is 0 Å². The first kappa shape index (κ1) is 22.5. The van der Waals surface area contributed by atoms with Crippen molar-refractivity contribution < 1.29 is 34.1 Å². The molecule has 30 heavy (non-hydrogen) atoms. The second kappa shape index (κ2) is 8.92. The standard InChI is InChI=1S/C23H32O7/c1-22-12-10-18(24)23(2,14-30-20(27)9-8-19(25)26)17(22)5-3-4-16(22)7-6-15-11-13-29-21(15)28/h6,11,13,16-18,24H,3-5,7-10,12,14H2,1-2H3,(H,25,26)/b15-6+/t16-,17?,18-,22+,23+/m1/s1. The van der Waals surface area contributed by atoms with Gasteiger partial charge >= 0.3 is 17.9 Å². The Kier molecular flexibility index (Phi) is 6.70. The first-order valence-corrected chi connectivity index (χ1v) is 10.8. The van der Waals surface area contributed by atoms with Gasteiger partial charge < -0.3 is 19.7 Å². The number of fused-ring (bicyclic) bond motifs is 1. The smallest absolute Gasteiger partial charge is 0.342 e. The number of hydrogen-bond donors (Lipinski definition) is 2. The highest BCUT2D eigenvalue weighted by Gasteiger charge is 2.57. The van der Waals surface area contributed by atoms with Crippen LogP contribution in [0.2, 0.25) is 0 Å². The maximum Gasteiger partial charge on any atom is 0.342 e. The van der Waals surface area contributed by atoms with E-state index >= 15 is 0 Å². The summed E-state index contributed by atoms with van der Waals surface area (Å²) in [6, 6.07) is 0. The Balaban J connectivity index is 1.72. The fourth-order valence-electron chi connectivity index (χ4n) is 5.81. The average molecular weight is 421 g/mol. The highest BCUT2D eigenvalue weighted by Crippen LogP contribution is 2.60. The highest BCUT2D eigenvalue weighted by molar-refractivity contribution is 5.94. The molecule has 1 unspecified atom stereocenters. The molecule has 3 aliphatic rings. The summed E-state index contributed by atoms with van der Waals surface area (Å²) in [5.41, 5.74) is -0.0287. The topological polar surface area (TPSA) is 110 Å². The van der Waals surface area contributed by atoms with E-state index in [-0.39, 0.29) is 36.8 Å². The number of carboxylic acid groups (broad SMARTS) is 1. The van der Waals surface area contributed by atoms with E-state index in [4.69, 9.17) is 14.6 Å². The lowest BCUT2D eigenvalue weighted by molar-refractivity contribution is -0.179. The highest BCUT2D eigenvalue weighted by atomic mass is 16.5. The zero-order valence-corrected chi connectivity index (χ0v) is 17.8. The molecule has 5 atom stereocenters. The second-order valence-electron chi connectivity index (χ2n) is 9.40. The van der Waals surface area contributed by atoms with E-state index in [1.54, 1.807) is 6.08 Å². The molecule has 2 aliphatic carbocycles. The van der Waals surface area contributed by atoms with Gasteiger partial charge in [-0.3, -0.25) is 9.59 Å². The molecule has 1 aliphatic heterocycles. The molecule has 166 valence electrons. The van der Waals surface area contributed by atoms with Gasteiger partial charge in [-0.1, -0.05) is 26.3 Å². The summed E-state index contributed by atoms with van der Waals surface area (Å²) in [4.78, 5) is 34.4. The van der Waals surface area contributed by atoms with E-state index in [1.165, 1.54) is 6.26 Å². The van der Waals surface area contributed by atoms with Gasteiger partial charge in [0, 0.05) is 5.41 Å². The Morgan fingerprint density at radius 3 is 2.70 bits per heavy atom. The first-order valence-electron chi connectivity index (χ1n) is 10.8. The van der Waals surface area contributed by atoms with E-state index in [9.17, 15) is 19.5 Å². The average Bonchev–Trinajstić information content (AvgIpc) is 3.11. The van der Waals surface area contributed by atoms with E-state index in [1.807, 2.05) is 13.0 Å². The zero-order chi connectivity index (χ0) is 21.9. The number of carbonyl (C=O) groups excluding carboxylic acids is 2. The maximum absolute atomic E-state index is 12.0. The Bertz CT molecular complexity index is 755. The third kappa shape index (κ3) is 4.46. The van der Waals surface area contributed by atoms with Crippen molar-refractivity contribution in [3.8, 4) is 0 Å². The summed E-state index contributed by atoms with van der Waals surface area (Å²) in [6.45, 7) is 4.34. The SMILES string of the molecule is C[C@]1(COC(=O)CCC(=O)O)C2CCC[C@H](C/C=C3\C=COC3=O)[C@]2(C)CC[C@H]1O. The minimum Gasteiger partial charge on any atom is -0.481 e. The summed E-state index contributed by atoms with van der Waals surface area (Å²) < 4.78 is 10.3. The molecule has 0 spiro atoms. The van der Waals surface area contributed by atoms with Crippen molar-refractivity contribution in [3.63, 3.8) is 0 Å². The Hall–Kier alpha value is -2.15. The molecule has 7 heteroatoms. The van der Waals surface area contributed by atoms with Crippen molar-refractivity contribution >= 4 is 17.9 Å². The van der Waals surface area contributed by atoms with Crippen LogP contribution in [0, 0.1) is 22.7 Å². The predicted octanol–water partition coefficient (Wildman–Crippen LogP) is 3.37. The van der Waals surface area contributed by atoms with Crippen molar-refractivity contribution in [3.05, 3.63) is 24.0 Å². The summed E-state index contributed by atoms with van der Waals surface area (Å²) in [5, 5.41) is 19.6. The maximum atomic E-state index is 12.0. The molecule has 7 nitrogen and oxygen atoms in total. The fourth-order valence-corrected chi connectivity index (χ4v) is 5.81. The van der Waals surface area contributed by atoms with Crippen LogP contribution in [-0.4, -0.2) is 40.8 Å². The second-order valence-corrected chi connectivity index (χ2v) is 9.40. The number of aliphatic carboxylic acids is 1. The molecule has 0 aromatic carbocycles. The van der Waals surface area contributed by atoms with E-state index < -0.39 is 23.5 Å². The van der Waals surface area contributed by atoms with Gasteiger partial charge in [-0.15, -0.1) is 0 Å². The number of allylic oxidation sites excluding steroid dienone is 1. The van der Waals surface area contributed by atoms with Gasteiger partial charge in [-0.2, -0.15) is 0 Å². The first-order chi connectivity index (χ1) is 14.2. The number of rotatable bonds is 7. The molecule has 2 fully saturated rings. The van der Waals surface area contributed by atoms with Gasteiger partial charge in [-0.05, 0) is 55.4 Å². The van der Waals surface area contributed by atoms with Crippen LogP contribution in [0.3, 0.4) is 0 Å². The van der Waals surface area contributed by atoms with Crippen molar-refractivity contribution in [2.45, 2.75) is 71.3 Å². The number of ether oxygens (including phenoxy) is 2. The van der Waals surface area contributed by atoms with Crippen molar-refractivity contribution in [2.75, 3.05) is 6.61 Å². The Morgan fingerprint density at radius 1 is 1.27 bits per heavy atom. The largest absolute Gasteiger partial charge is 0.481 e. The van der Waals surface area contributed by atoms with Crippen LogP contribution in [0.15, 0.2) is 24.0 Å². The minimum atomic E-state index is -1.03. The van der Waals surface area contributed by atoms with Crippen LogP contribution in [0.25, 0.3) is 0 Å². The van der Waals surface area contributed by atoms with E-state index in [2.05, 4.69) is 6.92 Å². The molecule has 0 bridgehead atoms. The molecule has 0 amide bonds. The molecule has 2 saturated carbocycles. The number of hydrogen-bond acceptors (Lipinski definition) is 6. The number of aliphatic hydroxyl groups excluding tert-OH is 1. The number of cyclic esters (lactones) is 1. The molecular formula is C23H32O7. The Morgan fingerprint density at radius 2 is 2.03 bits per heavy atom. The number of esters is 2. The van der Waals surface area contributed by atoms with Gasteiger partial charge in [0.1, 0.15) is 0 Å². The fraction of sp³-hybridized carbons (Fsp3) is 0.696. The van der Waals surface area contributed by atoms with Crippen LogP contribution in [-0.2, 0) is 23.9 Å². The third-order valence-electron chi connectivity index (χ3n) is 7.66. The van der Waals surface area contributed by atoms with Crippen molar-refractivity contribution in [1.82, 2.24) is 0 Å². The molecule has 3 rings (SSSR count).